The number of ether oxygens (including phenoxy) is 4. The molecule has 0 unspecified atom stereocenters. The Labute approximate surface area is 169 Å². The molecule has 0 radical (unpaired) electrons. The molecule has 28 heavy (non-hydrogen) atoms. The normalized spacial score (nSPS) is 11.9. The van der Waals surface area contributed by atoms with E-state index >= 15 is 0 Å². The molecule has 8 heteroatoms. The summed E-state index contributed by atoms with van der Waals surface area (Å²) in [5.74, 6) is 2.91. The van der Waals surface area contributed by atoms with Gasteiger partial charge in [-0.1, -0.05) is 15.9 Å². The lowest BCUT2D eigenvalue weighted by molar-refractivity contribution is 0.355. The topological polar surface area (TPSA) is 82.7 Å². The summed E-state index contributed by atoms with van der Waals surface area (Å²) in [6, 6.07) is 9.01. The Balaban J connectivity index is 1.80. The monoisotopic (exact) mass is 444 g/mol. The standard InChI is InChI=1S/C20H17BrN2O5/c1-25-14-5-4-10(8-15(14)26-2)18-22-19(24)13-7-11-6-12(21)9-16(27-3)17(11)28-20(13)23-18/h4-6,8-9H,7H2,1-3H3,(H,22,23,24). The third-order valence-corrected chi connectivity index (χ3v) is 4.97. The summed E-state index contributed by atoms with van der Waals surface area (Å²) < 4.78 is 22.8. The predicted octanol–water partition coefficient (Wildman–Crippen LogP) is 3.92. The molecular weight excluding hydrogens is 428 g/mol. The molecule has 3 aromatic rings. The minimum atomic E-state index is -0.251. The summed E-state index contributed by atoms with van der Waals surface area (Å²) in [4.78, 5) is 20.1. The molecule has 4 rings (SSSR count). The van der Waals surface area contributed by atoms with Gasteiger partial charge in [-0.2, -0.15) is 4.98 Å². The first kappa shape index (κ1) is 18.4. The van der Waals surface area contributed by atoms with Crippen LogP contribution < -0.4 is 24.5 Å². The molecule has 1 aromatic heterocycles. The van der Waals surface area contributed by atoms with Crippen molar-refractivity contribution in [2.45, 2.75) is 6.42 Å². The molecule has 144 valence electrons. The van der Waals surface area contributed by atoms with Gasteiger partial charge in [0.15, 0.2) is 23.0 Å². The minimum Gasteiger partial charge on any atom is -0.493 e. The lowest BCUT2D eigenvalue weighted by atomic mass is 10.0. The summed E-state index contributed by atoms with van der Waals surface area (Å²) in [5, 5.41) is 0. The lowest BCUT2D eigenvalue weighted by Gasteiger charge is -2.21. The van der Waals surface area contributed by atoms with Crippen molar-refractivity contribution in [1.82, 2.24) is 9.97 Å². The largest absolute Gasteiger partial charge is 0.493 e. The molecule has 1 aliphatic heterocycles. The van der Waals surface area contributed by atoms with Crippen molar-refractivity contribution in [3.63, 3.8) is 0 Å². The second-order valence-corrected chi connectivity index (χ2v) is 7.06. The summed E-state index contributed by atoms with van der Waals surface area (Å²) >= 11 is 3.45. The van der Waals surface area contributed by atoms with E-state index in [4.69, 9.17) is 18.9 Å². The van der Waals surface area contributed by atoms with Crippen molar-refractivity contribution >= 4 is 15.9 Å². The number of hydrogen-bond acceptors (Lipinski definition) is 6. The second-order valence-electron chi connectivity index (χ2n) is 6.14. The van der Waals surface area contributed by atoms with Gasteiger partial charge in [-0.15, -0.1) is 0 Å². The van der Waals surface area contributed by atoms with Gasteiger partial charge in [0, 0.05) is 22.0 Å². The maximum atomic E-state index is 12.7. The van der Waals surface area contributed by atoms with Gasteiger partial charge in [0.05, 0.1) is 26.9 Å². The number of aromatic nitrogens is 2. The molecule has 0 saturated carbocycles. The van der Waals surface area contributed by atoms with Gasteiger partial charge in [0.1, 0.15) is 5.82 Å². The van der Waals surface area contributed by atoms with Crippen LogP contribution in [0.5, 0.6) is 28.9 Å². The zero-order valence-electron chi connectivity index (χ0n) is 15.5. The molecule has 0 atom stereocenters. The highest BCUT2D eigenvalue weighted by Crippen LogP contribution is 2.43. The summed E-state index contributed by atoms with van der Waals surface area (Å²) in [6.07, 6.45) is 0.398. The van der Waals surface area contributed by atoms with Crippen LogP contribution >= 0.6 is 15.9 Å². The maximum absolute atomic E-state index is 12.7. The summed E-state index contributed by atoms with van der Waals surface area (Å²) in [5.41, 5.74) is 1.75. The number of nitrogens with one attached hydrogen (secondary N) is 1. The Hall–Kier alpha value is -3.00. The van der Waals surface area contributed by atoms with Crippen molar-refractivity contribution in [2.24, 2.45) is 0 Å². The smallest absolute Gasteiger partial charge is 0.258 e. The highest BCUT2D eigenvalue weighted by Gasteiger charge is 2.26. The van der Waals surface area contributed by atoms with Gasteiger partial charge < -0.3 is 23.9 Å². The van der Waals surface area contributed by atoms with Gasteiger partial charge in [-0.05, 0) is 30.3 Å². The van der Waals surface area contributed by atoms with Gasteiger partial charge >= 0.3 is 0 Å². The van der Waals surface area contributed by atoms with Crippen molar-refractivity contribution < 1.29 is 18.9 Å². The fraction of sp³-hybridized carbons (Fsp3) is 0.200. The number of H-pyrrole nitrogens is 1. The van der Waals surface area contributed by atoms with Crippen LogP contribution in [0.3, 0.4) is 0 Å². The SMILES string of the molecule is COc1ccc(-c2nc3c(c(=O)[nH]2)Cc2cc(Br)cc(OC)c2O3)cc1OC. The molecule has 2 heterocycles. The van der Waals surface area contributed by atoms with Crippen molar-refractivity contribution in [2.75, 3.05) is 21.3 Å². The third-order valence-electron chi connectivity index (χ3n) is 4.52. The Bertz CT molecular complexity index is 1130. The van der Waals surface area contributed by atoms with E-state index in [1.165, 1.54) is 0 Å². The summed E-state index contributed by atoms with van der Waals surface area (Å²) in [7, 11) is 4.68. The van der Waals surface area contributed by atoms with Crippen molar-refractivity contribution in [1.29, 1.82) is 0 Å². The Morgan fingerprint density at radius 1 is 1.04 bits per heavy atom. The molecule has 1 N–H and O–H groups in total. The number of halogens is 1. The zero-order valence-corrected chi connectivity index (χ0v) is 17.0. The number of fused-ring (bicyclic) bond motifs is 2. The van der Waals surface area contributed by atoms with E-state index in [1.807, 2.05) is 12.1 Å². The van der Waals surface area contributed by atoms with Crippen molar-refractivity contribution in [3.8, 4) is 40.3 Å². The van der Waals surface area contributed by atoms with Crippen molar-refractivity contribution in [3.05, 3.63) is 56.3 Å². The first-order chi connectivity index (χ1) is 13.5. The van der Waals surface area contributed by atoms with Crippen LogP contribution in [0.25, 0.3) is 11.4 Å². The lowest BCUT2D eigenvalue weighted by Crippen LogP contribution is -2.20. The molecule has 0 fully saturated rings. The minimum absolute atomic E-state index is 0.251. The summed E-state index contributed by atoms with van der Waals surface area (Å²) in [6.45, 7) is 0. The number of methoxy groups -OCH3 is 3. The van der Waals surface area contributed by atoms with Crippen LogP contribution in [0.15, 0.2) is 39.6 Å². The van der Waals surface area contributed by atoms with Gasteiger partial charge in [-0.3, -0.25) is 4.79 Å². The number of nitrogens with zero attached hydrogens (tertiary/aromatic N) is 1. The number of hydrogen-bond donors (Lipinski definition) is 1. The van der Waals surface area contributed by atoms with Crippen LogP contribution in [0, 0.1) is 0 Å². The molecule has 2 aromatic carbocycles. The van der Waals surface area contributed by atoms with Crippen LogP contribution in [0.4, 0.5) is 0 Å². The van der Waals surface area contributed by atoms with Crippen LogP contribution in [-0.4, -0.2) is 31.3 Å². The third kappa shape index (κ3) is 3.09. The predicted molar refractivity (Wildman–Crippen MR) is 107 cm³/mol. The van der Waals surface area contributed by atoms with Crippen LogP contribution in [-0.2, 0) is 6.42 Å². The number of rotatable bonds is 4. The molecule has 0 bridgehead atoms. The van der Waals surface area contributed by atoms with E-state index in [-0.39, 0.29) is 11.4 Å². The first-order valence-corrected chi connectivity index (χ1v) is 9.23. The van der Waals surface area contributed by atoms with Gasteiger partial charge in [0.2, 0.25) is 5.88 Å². The second kappa shape index (κ2) is 7.20. The number of aromatic amines is 1. The van der Waals surface area contributed by atoms with E-state index < -0.39 is 0 Å². The average molecular weight is 445 g/mol. The quantitative estimate of drug-likeness (QED) is 0.513. The van der Waals surface area contributed by atoms with E-state index in [0.29, 0.717) is 46.4 Å². The molecular formula is C20H17BrN2O5. The number of benzene rings is 2. The van der Waals surface area contributed by atoms with E-state index in [2.05, 4.69) is 25.9 Å². The zero-order chi connectivity index (χ0) is 19.8. The molecule has 1 aliphatic rings. The van der Waals surface area contributed by atoms with Gasteiger partial charge in [0.25, 0.3) is 5.56 Å². The molecule has 0 spiro atoms. The van der Waals surface area contributed by atoms with Crippen LogP contribution in [0.2, 0.25) is 0 Å². The van der Waals surface area contributed by atoms with E-state index in [9.17, 15) is 4.79 Å². The Morgan fingerprint density at radius 3 is 2.50 bits per heavy atom. The fourth-order valence-electron chi connectivity index (χ4n) is 3.15. The van der Waals surface area contributed by atoms with Gasteiger partial charge in [-0.25, -0.2) is 0 Å². The maximum Gasteiger partial charge on any atom is 0.258 e. The van der Waals surface area contributed by atoms with Crippen LogP contribution in [0.1, 0.15) is 11.1 Å². The average Bonchev–Trinajstić information content (AvgIpc) is 2.71. The molecule has 0 amide bonds. The highest BCUT2D eigenvalue weighted by molar-refractivity contribution is 9.10. The highest BCUT2D eigenvalue weighted by atomic mass is 79.9. The first-order valence-electron chi connectivity index (χ1n) is 8.44. The van der Waals surface area contributed by atoms with E-state index in [1.54, 1.807) is 39.5 Å². The Kier molecular flexibility index (Phi) is 4.72. The molecule has 0 aliphatic carbocycles. The molecule has 0 saturated heterocycles. The van der Waals surface area contributed by atoms with E-state index in [0.717, 1.165) is 10.0 Å². The molecule has 7 nitrogen and oxygen atoms in total. The Morgan fingerprint density at radius 2 is 1.79 bits per heavy atom. The fourth-order valence-corrected chi connectivity index (χ4v) is 3.63.